The summed E-state index contributed by atoms with van der Waals surface area (Å²) >= 11 is 0. The van der Waals surface area contributed by atoms with Gasteiger partial charge in [-0.3, -0.25) is 14.9 Å². The number of nitro benzene ring substituents is 1. The Morgan fingerprint density at radius 2 is 1.96 bits per heavy atom. The van der Waals surface area contributed by atoms with Crippen LogP contribution in [0.5, 0.6) is 11.5 Å². The number of halogens is 3. The molecule has 2 rings (SSSR count). The maximum atomic E-state index is 13.3. The van der Waals surface area contributed by atoms with Gasteiger partial charge in [0.05, 0.1) is 11.5 Å². The van der Waals surface area contributed by atoms with E-state index >= 15 is 0 Å². The molecule has 0 spiro atoms. The van der Waals surface area contributed by atoms with E-state index in [1.165, 1.54) is 12.1 Å². The summed E-state index contributed by atoms with van der Waals surface area (Å²) in [5, 5.41) is 13.1. The maximum Gasteiger partial charge on any atom is 0.387 e. The van der Waals surface area contributed by atoms with E-state index in [1.54, 1.807) is 6.92 Å². The number of alkyl halides is 2. The van der Waals surface area contributed by atoms with Gasteiger partial charge < -0.3 is 14.8 Å². The zero-order valence-corrected chi connectivity index (χ0v) is 13.4. The number of anilines is 1. The zero-order valence-electron chi connectivity index (χ0n) is 13.4. The van der Waals surface area contributed by atoms with Crippen LogP contribution in [0, 0.1) is 15.9 Å². The van der Waals surface area contributed by atoms with Gasteiger partial charge in [0, 0.05) is 17.3 Å². The highest BCUT2D eigenvalue weighted by Crippen LogP contribution is 2.30. The van der Waals surface area contributed by atoms with E-state index in [-0.39, 0.29) is 29.4 Å². The normalized spacial score (nSPS) is 10.5. The molecule has 2 aromatic rings. The van der Waals surface area contributed by atoms with E-state index < -0.39 is 28.9 Å². The van der Waals surface area contributed by atoms with E-state index in [1.807, 2.05) is 0 Å². The third-order valence-electron chi connectivity index (χ3n) is 3.12. The number of nitrogens with zero attached hydrogens (tertiary/aromatic N) is 1. The van der Waals surface area contributed by atoms with Crippen molar-refractivity contribution in [2.75, 3.05) is 11.9 Å². The lowest BCUT2D eigenvalue weighted by molar-refractivity contribution is -0.387. The van der Waals surface area contributed by atoms with Gasteiger partial charge in [-0.05, 0) is 37.3 Å². The number of rotatable bonds is 7. The van der Waals surface area contributed by atoms with E-state index in [2.05, 4.69) is 10.1 Å². The minimum atomic E-state index is -3.06. The van der Waals surface area contributed by atoms with Crippen LogP contribution in [-0.2, 0) is 0 Å². The zero-order chi connectivity index (χ0) is 19.3. The van der Waals surface area contributed by atoms with Gasteiger partial charge in [-0.25, -0.2) is 0 Å². The minimum absolute atomic E-state index is 0.00559. The number of nitro groups is 1. The molecule has 26 heavy (non-hydrogen) atoms. The summed E-state index contributed by atoms with van der Waals surface area (Å²) in [7, 11) is 0. The molecule has 0 aliphatic heterocycles. The quantitative estimate of drug-likeness (QED) is 0.588. The third kappa shape index (κ3) is 4.62. The molecule has 0 unspecified atom stereocenters. The topological polar surface area (TPSA) is 90.7 Å². The first-order valence-electron chi connectivity index (χ1n) is 7.28. The van der Waals surface area contributed by atoms with Gasteiger partial charge in [-0.1, -0.05) is 0 Å². The Kier molecular flexibility index (Phi) is 5.99. The first-order valence-corrected chi connectivity index (χ1v) is 7.28. The van der Waals surface area contributed by atoms with Gasteiger partial charge in [-0.2, -0.15) is 13.2 Å². The molecule has 0 aromatic heterocycles. The van der Waals surface area contributed by atoms with Crippen LogP contribution >= 0.6 is 0 Å². The molecule has 0 heterocycles. The first kappa shape index (κ1) is 19.0. The number of ether oxygens (including phenoxy) is 2. The number of hydrogen-bond donors (Lipinski definition) is 1. The van der Waals surface area contributed by atoms with Gasteiger partial charge in [0.1, 0.15) is 0 Å². The molecule has 1 amide bonds. The van der Waals surface area contributed by atoms with Crippen LogP contribution in [0.15, 0.2) is 36.4 Å². The molecular formula is C16H13F3N2O5. The fourth-order valence-corrected chi connectivity index (χ4v) is 2.04. The maximum absolute atomic E-state index is 13.3. The van der Waals surface area contributed by atoms with Crippen molar-refractivity contribution in [3.05, 3.63) is 57.9 Å². The molecule has 0 aliphatic carbocycles. The van der Waals surface area contributed by atoms with Crippen molar-refractivity contribution in [2.45, 2.75) is 13.5 Å². The Morgan fingerprint density at radius 1 is 1.23 bits per heavy atom. The Labute approximate surface area is 145 Å². The van der Waals surface area contributed by atoms with Crippen molar-refractivity contribution in [1.29, 1.82) is 0 Å². The second-order valence-corrected chi connectivity index (χ2v) is 4.85. The number of amides is 1. The highest BCUT2D eigenvalue weighted by Gasteiger charge is 2.17. The van der Waals surface area contributed by atoms with Crippen LogP contribution in [0.2, 0.25) is 0 Å². The molecule has 0 saturated carbocycles. The number of benzene rings is 2. The van der Waals surface area contributed by atoms with Crippen LogP contribution in [-0.4, -0.2) is 24.0 Å². The predicted molar refractivity (Wildman–Crippen MR) is 85.3 cm³/mol. The summed E-state index contributed by atoms with van der Waals surface area (Å²) in [4.78, 5) is 22.1. The molecule has 2 aromatic carbocycles. The molecule has 0 bridgehead atoms. The van der Waals surface area contributed by atoms with E-state index in [0.717, 1.165) is 24.3 Å². The van der Waals surface area contributed by atoms with E-state index in [0.29, 0.717) is 0 Å². The Bertz CT molecular complexity index is 830. The number of carbonyl (C=O) groups excluding carboxylic acids is 1. The Morgan fingerprint density at radius 3 is 2.58 bits per heavy atom. The predicted octanol–water partition coefficient (Wildman–Crippen LogP) is 3.99. The Balaban J connectivity index is 2.25. The standard InChI is InChI=1S/C16H13F3N2O5/c1-2-25-14-7-9(3-6-13(14)26-16(18)19)15(22)20-10-4-5-11(17)12(8-10)21(23)24/h3-8,16H,2H2,1H3,(H,20,22). The lowest BCUT2D eigenvalue weighted by atomic mass is 10.1. The molecule has 0 radical (unpaired) electrons. The van der Waals surface area contributed by atoms with Gasteiger partial charge in [0.2, 0.25) is 5.82 Å². The summed E-state index contributed by atoms with van der Waals surface area (Å²) in [5.74, 6) is -2.04. The number of nitrogens with one attached hydrogen (secondary N) is 1. The largest absolute Gasteiger partial charge is 0.490 e. The second kappa shape index (κ2) is 8.19. The SMILES string of the molecule is CCOc1cc(C(=O)Nc2ccc(F)c([N+](=O)[O-])c2)ccc1OC(F)F. The minimum Gasteiger partial charge on any atom is -0.490 e. The van der Waals surface area contributed by atoms with Crippen LogP contribution in [0.1, 0.15) is 17.3 Å². The van der Waals surface area contributed by atoms with Gasteiger partial charge in [0.15, 0.2) is 11.5 Å². The summed E-state index contributed by atoms with van der Waals surface area (Å²) in [6.45, 7) is -1.29. The summed E-state index contributed by atoms with van der Waals surface area (Å²) < 4.78 is 47.5. The van der Waals surface area contributed by atoms with Crippen LogP contribution in [0.3, 0.4) is 0 Å². The van der Waals surface area contributed by atoms with E-state index in [4.69, 9.17) is 4.74 Å². The first-order chi connectivity index (χ1) is 12.3. The number of carbonyl (C=O) groups is 1. The lowest BCUT2D eigenvalue weighted by Crippen LogP contribution is -2.13. The molecule has 0 fully saturated rings. The van der Waals surface area contributed by atoms with Crippen LogP contribution in [0.25, 0.3) is 0 Å². The van der Waals surface area contributed by atoms with Crippen molar-refractivity contribution >= 4 is 17.3 Å². The molecule has 0 saturated heterocycles. The average Bonchev–Trinajstić information content (AvgIpc) is 2.57. The van der Waals surface area contributed by atoms with Crippen molar-refractivity contribution < 1.29 is 32.4 Å². The van der Waals surface area contributed by atoms with Crippen molar-refractivity contribution in [3.8, 4) is 11.5 Å². The van der Waals surface area contributed by atoms with Gasteiger partial charge in [-0.15, -0.1) is 0 Å². The van der Waals surface area contributed by atoms with Crippen molar-refractivity contribution in [1.82, 2.24) is 0 Å². The number of hydrogen-bond acceptors (Lipinski definition) is 5. The van der Waals surface area contributed by atoms with Gasteiger partial charge in [0.25, 0.3) is 5.91 Å². The smallest absolute Gasteiger partial charge is 0.387 e. The fraction of sp³-hybridized carbons (Fsp3) is 0.188. The van der Waals surface area contributed by atoms with E-state index in [9.17, 15) is 28.1 Å². The molecular weight excluding hydrogens is 357 g/mol. The Hall–Kier alpha value is -3.30. The summed E-state index contributed by atoms with van der Waals surface area (Å²) in [5.41, 5.74) is -0.769. The third-order valence-corrected chi connectivity index (χ3v) is 3.12. The van der Waals surface area contributed by atoms with Crippen molar-refractivity contribution in [3.63, 3.8) is 0 Å². The molecule has 0 atom stereocenters. The van der Waals surface area contributed by atoms with Crippen LogP contribution in [0.4, 0.5) is 24.5 Å². The fourth-order valence-electron chi connectivity index (χ4n) is 2.04. The monoisotopic (exact) mass is 370 g/mol. The summed E-state index contributed by atoms with van der Waals surface area (Å²) in [6.07, 6.45) is 0. The van der Waals surface area contributed by atoms with Crippen LogP contribution < -0.4 is 14.8 Å². The highest BCUT2D eigenvalue weighted by atomic mass is 19.3. The lowest BCUT2D eigenvalue weighted by Gasteiger charge is -2.13. The average molecular weight is 370 g/mol. The van der Waals surface area contributed by atoms with Crippen molar-refractivity contribution in [2.24, 2.45) is 0 Å². The second-order valence-electron chi connectivity index (χ2n) is 4.85. The molecule has 1 N–H and O–H groups in total. The van der Waals surface area contributed by atoms with Gasteiger partial charge >= 0.3 is 12.3 Å². The molecule has 0 aliphatic rings. The molecule has 10 heteroatoms. The molecule has 7 nitrogen and oxygen atoms in total. The molecule has 138 valence electrons. The highest BCUT2D eigenvalue weighted by molar-refractivity contribution is 6.04. The summed E-state index contributed by atoms with van der Waals surface area (Å²) in [6, 6.07) is 6.41.